The van der Waals surface area contributed by atoms with Crippen molar-refractivity contribution >= 4 is 0 Å². The molecule has 2 aromatic rings. The Kier molecular flexibility index (Phi) is 3.41. The second-order valence-electron chi connectivity index (χ2n) is 5.72. The highest BCUT2D eigenvalue weighted by Crippen LogP contribution is 2.44. The van der Waals surface area contributed by atoms with E-state index in [-0.39, 0.29) is 17.6 Å². The molecule has 0 amide bonds. The number of hydrogen-bond acceptors (Lipinski definition) is 4. The zero-order valence-corrected chi connectivity index (χ0v) is 12.0. The minimum atomic E-state index is -0.674. The second kappa shape index (κ2) is 5.11. The molecule has 6 heteroatoms. The molecule has 1 heterocycles. The Morgan fingerprint density at radius 3 is 2.76 bits per heavy atom. The van der Waals surface area contributed by atoms with Crippen LogP contribution in [0.25, 0.3) is 0 Å². The first-order chi connectivity index (χ1) is 9.99. The van der Waals surface area contributed by atoms with Crippen LogP contribution in [0.15, 0.2) is 21.3 Å². The Balaban J connectivity index is 1.98. The molecule has 3 rings (SSSR count). The molecular formula is C15H18FN3O2. The maximum Gasteiger partial charge on any atom is 0.434 e. The standard InChI is InChI=1S/C15H18FN3O2/c1-7-10(9-3-4-9)5-6-11(16)12(7)8(2)13(17)14-18-19-15(20)21-14/h5-6,8-9,13H,3-4,17H2,1-2H3,(H,19,20). The normalized spacial score (nSPS) is 17.7. The number of hydrogen-bond donors (Lipinski definition) is 2. The van der Waals surface area contributed by atoms with Gasteiger partial charge in [-0.2, -0.15) is 0 Å². The monoisotopic (exact) mass is 291 g/mol. The second-order valence-corrected chi connectivity index (χ2v) is 5.72. The van der Waals surface area contributed by atoms with Crippen LogP contribution >= 0.6 is 0 Å². The van der Waals surface area contributed by atoms with Crippen LogP contribution in [0.5, 0.6) is 0 Å². The van der Waals surface area contributed by atoms with Gasteiger partial charge in [0.2, 0.25) is 5.89 Å². The van der Waals surface area contributed by atoms with Crippen LogP contribution in [-0.2, 0) is 0 Å². The van der Waals surface area contributed by atoms with Crippen molar-refractivity contribution in [1.82, 2.24) is 10.2 Å². The summed E-state index contributed by atoms with van der Waals surface area (Å²) in [4.78, 5) is 11.0. The summed E-state index contributed by atoms with van der Waals surface area (Å²) >= 11 is 0. The van der Waals surface area contributed by atoms with Gasteiger partial charge in [0.15, 0.2) is 0 Å². The maximum absolute atomic E-state index is 14.3. The van der Waals surface area contributed by atoms with Crippen LogP contribution in [0.4, 0.5) is 4.39 Å². The van der Waals surface area contributed by atoms with Gasteiger partial charge in [0, 0.05) is 5.92 Å². The number of halogens is 1. The van der Waals surface area contributed by atoms with E-state index >= 15 is 0 Å². The highest BCUT2D eigenvalue weighted by molar-refractivity contribution is 5.41. The molecule has 5 nitrogen and oxygen atoms in total. The highest BCUT2D eigenvalue weighted by atomic mass is 19.1. The van der Waals surface area contributed by atoms with Crippen molar-refractivity contribution in [3.8, 4) is 0 Å². The van der Waals surface area contributed by atoms with Gasteiger partial charge >= 0.3 is 5.76 Å². The maximum atomic E-state index is 14.3. The van der Waals surface area contributed by atoms with Crippen molar-refractivity contribution in [1.29, 1.82) is 0 Å². The highest BCUT2D eigenvalue weighted by Gasteiger charge is 2.30. The van der Waals surface area contributed by atoms with Crippen molar-refractivity contribution in [3.05, 3.63) is 51.1 Å². The van der Waals surface area contributed by atoms with Crippen LogP contribution in [0.1, 0.15) is 60.2 Å². The number of nitrogens with zero attached hydrogens (tertiary/aromatic N) is 1. The molecule has 0 aliphatic heterocycles. The number of aromatic amines is 1. The molecule has 0 radical (unpaired) electrons. The summed E-state index contributed by atoms with van der Waals surface area (Å²) < 4.78 is 19.2. The first-order valence-electron chi connectivity index (χ1n) is 7.09. The van der Waals surface area contributed by atoms with Gasteiger partial charge in [-0.3, -0.25) is 0 Å². The van der Waals surface area contributed by atoms with E-state index in [1.54, 1.807) is 0 Å². The van der Waals surface area contributed by atoms with Crippen molar-refractivity contribution in [2.45, 2.75) is 44.6 Å². The van der Waals surface area contributed by atoms with Crippen molar-refractivity contribution < 1.29 is 8.81 Å². The SMILES string of the molecule is Cc1c(C2CC2)ccc(F)c1C(C)C(N)c1n[nH]c(=O)o1. The molecule has 2 atom stereocenters. The van der Waals surface area contributed by atoms with Gasteiger partial charge in [-0.25, -0.2) is 14.3 Å². The average molecular weight is 291 g/mol. The topological polar surface area (TPSA) is 84.9 Å². The van der Waals surface area contributed by atoms with E-state index in [4.69, 9.17) is 10.2 Å². The third-order valence-electron chi connectivity index (χ3n) is 4.25. The number of benzene rings is 1. The number of H-pyrrole nitrogens is 1. The first-order valence-corrected chi connectivity index (χ1v) is 7.09. The van der Waals surface area contributed by atoms with Crippen LogP contribution in [-0.4, -0.2) is 10.2 Å². The summed E-state index contributed by atoms with van der Waals surface area (Å²) in [6.07, 6.45) is 2.31. The number of nitrogens with one attached hydrogen (secondary N) is 1. The predicted octanol–water partition coefficient (Wildman–Crippen LogP) is 2.49. The molecule has 112 valence electrons. The Morgan fingerprint density at radius 2 is 2.19 bits per heavy atom. The van der Waals surface area contributed by atoms with E-state index in [2.05, 4.69) is 10.2 Å². The molecule has 0 bridgehead atoms. The van der Waals surface area contributed by atoms with Gasteiger partial charge < -0.3 is 10.2 Å². The van der Waals surface area contributed by atoms with Crippen LogP contribution < -0.4 is 11.5 Å². The summed E-state index contributed by atoms with van der Waals surface area (Å²) in [7, 11) is 0. The van der Waals surface area contributed by atoms with E-state index in [0.29, 0.717) is 11.5 Å². The van der Waals surface area contributed by atoms with Crippen molar-refractivity contribution in [3.63, 3.8) is 0 Å². The molecular weight excluding hydrogens is 273 g/mol. The Bertz CT molecular complexity index is 718. The predicted molar refractivity (Wildman–Crippen MR) is 75.6 cm³/mol. The lowest BCUT2D eigenvalue weighted by Crippen LogP contribution is -2.20. The molecule has 0 saturated heterocycles. The van der Waals surface area contributed by atoms with Gasteiger partial charge in [-0.1, -0.05) is 13.0 Å². The number of nitrogens with two attached hydrogens (primary N) is 1. The van der Waals surface area contributed by atoms with E-state index in [9.17, 15) is 9.18 Å². The molecule has 1 aliphatic rings. The number of aromatic nitrogens is 2. The molecule has 1 aromatic carbocycles. The largest absolute Gasteiger partial charge is 0.434 e. The van der Waals surface area contributed by atoms with E-state index < -0.39 is 11.8 Å². The van der Waals surface area contributed by atoms with Crippen molar-refractivity contribution in [2.24, 2.45) is 5.73 Å². The zero-order chi connectivity index (χ0) is 15.1. The van der Waals surface area contributed by atoms with Gasteiger partial charge in [0.05, 0.1) is 6.04 Å². The van der Waals surface area contributed by atoms with E-state index in [1.807, 2.05) is 19.9 Å². The van der Waals surface area contributed by atoms with E-state index in [1.165, 1.54) is 11.6 Å². The Morgan fingerprint density at radius 1 is 1.48 bits per heavy atom. The average Bonchev–Trinajstić information content (AvgIpc) is 3.19. The van der Waals surface area contributed by atoms with Crippen molar-refractivity contribution in [2.75, 3.05) is 0 Å². The quantitative estimate of drug-likeness (QED) is 0.906. The number of rotatable bonds is 4. The minimum absolute atomic E-state index is 0.100. The summed E-state index contributed by atoms with van der Waals surface area (Å²) in [6, 6.07) is 2.69. The third kappa shape index (κ3) is 2.51. The lowest BCUT2D eigenvalue weighted by atomic mass is 9.87. The molecule has 1 saturated carbocycles. The summed E-state index contributed by atoms with van der Waals surface area (Å²) in [6.45, 7) is 3.75. The smallest absolute Gasteiger partial charge is 0.391 e. The molecule has 21 heavy (non-hydrogen) atoms. The van der Waals surface area contributed by atoms with Crippen LogP contribution in [0.2, 0.25) is 0 Å². The Labute approximate surface area is 121 Å². The molecule has 2 unspecified atom stereocenters. The van der Waals surface area contributed by atoms with Crippen LogP contribution in [0.3, 0.4) is 0 Å². The summed E-state index contributed by atoms with van der Waals surface area (Å²) in [5.74, 6) is -0.635. The molecule has 0 spiro atoms. The summed E-state index contributed by atoms with van der Waals surface area (Å²) in [5.41, 5.74) is 8.79. The van der Waals surface area contributed by atoms with Gasteiger partial charge in [0.1, 0.15) is 5.82 Å². The fourth-order valence-corrected chi connectivity index (χ4v) is 2.89. The molecule has 1 aromatic heterocycles. The third-order valence-corrected chi connectivity index (χ3v) is 4.25. The zero-order valence-electron chi connectivity index (χ0n) is 12.0. The van der Waals surface area contributed by atoms with Gasteiger partial charge in [0.25, 0.3) is 0 Å². The molecule has 1 fully saturated rings. The van der Waals surface area contributed by atoms with E-state index in [0.717, 1.165) is 18.4 Å². The molecule has 3 N–H and O–H groups in total. The fourth-order valence-electron chi connectivity index (χ4n) is 2.89. The Hall–Kier alpha value is -1.95. The first kappa shape index (κ1) is 14.0. The van der Waals surface area contributed by atoms with Crippen LogP contribution in [0, 0.1) is 12.7 Å². The molecule has 1 aliphatic carbocycles. The fraction of sp³-hybridized carbons (Fsp3) is 0.467. The van der Waals surface area contributed by atoms with Gasteiger partial charge in [-0.15, -0.1) is 5.10 Å². The lowest BCUT2D eigenvalue weighted by Gasteiger charge is -2.21. The minimum Gasteiger partial charge on any atom is -0.391 e. The van der Waals surface area contributed by atoms with Gasteiger partial charge in [-0.05, 0) is 48.4 Å². The summed E-state index contributed by atoms with van der Waals surface area (Å²) in [5, 5.41) is 5.92. The lowest BCUT2D eigenvalue weighted by molar-refractivity contribution is 0.396.